The summed E-state index contributed by atoms with van der Waals surface area (Å²) >= 11 is 5.82. The van der Waals surface area contributed by atoms with Gasteiger partial charge < -0.3 is 15.2 Å². The minimum absolute atomic E-state index is 0.333. The highest BCUT2D eigenvalue weighted by Gasteiger charge is 2.04. The lowest BCUT2D eigenvalue weighted by atomic mass is 10.3. The van der Waals surface area contributed by atoms with Crippen LogP contribution in [0.3, 0.4) is 0 Å². The molecule has 0 aliphatic carbocycles. The van der Waals surface area contributed by atoms with Gasteiger partial charge in [0, 0.05) is 35.7 Å². The Kier molecular flexibility index (Phi) is 5.99. The molecule has 0 aliphatic rings. The van der Waals surface area contributed by atoms with Crippen LogP contribution in [-0.2, 0) is 6.54 Å². The summed E-state index contributed by atoms with van der Waals surface area (Å²) < 4.78 is 2.03. The van der Waals surface area contributed by atoms with Crippen molar-refractivity contribution in [1.82, 2.24) is 14.9 Å². The second-order valence-corrected chi connectivity index (χ2v) is 5.41. The molecule has 0 radical (unpaired) electrons. The fraction of sp³-hybridized carbons (Fsp3) is 0.267. The van der Waals surface area contributed by atoms with Crippen molar-refractivity contribution in [3.63, 3.8) is 0 Å². The number of nitro groups is 1. The van der Waals surface area contributed by atoms with Gasteiger partial charge >= 0.3 is 0 Å². The number of aryl methyl sites for hydroxylation is 2. The number of aromatic nitrogens is 2. The van der Waals surface area contributed by atoms with Crippen molar-refractivity contribution in [3.8, 4) is 0 Å². The van der Waals surface area contributed by atoms with Crippen LogP contribution in [0.5, 0.6) is 0 Å². The predicted molar refractivity (Wildman–Crippen MR) is 89.7 cm³/mol. The Morgan fingerprint density at radius 3 is 2.78 bits per heavy atom. The molecule has 0 unspecified atom stereocenters. The maximum absolute atomic E-state index is 10.7. The van der Waals surface area contributed by atoms with Crippen molar-refractivity contribution in [2.75, 3.05) is 11.9 Å². The number of imidazole rings is 1. The highest BCUT2D eigenvalue weighted by Crippen LogP contribution is 2.14. The van der Waals surface area contributed by atoms with Crippen LogP contribution in [-0.4, -0.2) is 21.0 Å². The first-order chi connectivity index (χ1) is 11.0. The van der Waals surface area contributed by atoms with Gasteiger partial charge in [0.15, 0.2) is 5.82 Å². The van der Waals surface area contributed by atoms with E-state index in [1.807, 2.05) is 11.5 Å². The summed E-state index contributed by atoms with van der Waals surface area (Å²) in [6.45, 7) is 3.38. The molecule has 0 amide bonds. The molecule has 23 heavy (non-hydrogen) atoms. The lowest BCUT2D eigenvalue weighted by Crippen LogP contribution is -2.23. The highest BCUT2D eigenvalue weighted by atomic mass is 35.5. The number of nitrogens with zero attached hydrogens (tertiary/aromatic N) is 3. The van der Waals surface area contributed by atoms with Gasteiger partial charge in [0.1, 0.15) is 0 Å². The molecule has 122 valence electrons. The summed E-state index contributed by atoms with van der Waals surface area (Å²) in [7, 11) is 0. The van der Waals surface area contributed by atoms with Gasteiger partial charge in [-0.25, -0.2) is 4.98 Å². The standard InChI is InChI=1S/C15H18ClN5O2/c1-12-9-17-11-20(12)8-2-7-18-15(10-21(22)23)19-14-5-3-13(16)4-6-14/h3-6,9-11,18-19H,2,7-8H2,1H3/b15-10-. The molecule has 2 aromatic rings. The Morgan fingerprint density at radius 2 is 2.17 bits per heavy atom. The lowest BCUT2D eigenvalue weighted by molar-refractivity contribution is -0.403. The third-order valence-electron chi connectivity index (χ3n) is 3.17. The fourth-order valence-electron chi connectivity index (χ4n) is 2.01. The Bertz CT molecular complexity index is 681. The van der Waals surface area contributed by atoms with Crippen molar-refractivity contribution in [2.24, 2.45) is 0 Å². The normalized spacial score (nSPS) is 11.3. The van der Waals surface area contributed by atoms with E-state index in [9.17, 15) is 10.1 Å². The summed E-state index contributed by atoms with van der Waals surface area (Å²) in [6, 6.07) is 6.95. The van der Waals surface area contributed by atoms with Gasteiger partial charge in [-0.05, 0) is 37.6 Å². The number of nitrogens with one attached hydrogen (secondary N) is 2. The second kappa shape index (κ2) is 8.19. The maximum Gasteiger partial charge on any atom is 0.274 e. The van der Waals surface area contributed by atoms with Crippen LogP contribution < -0.4 is 10.6 Å². The van der Waals surface area contributed by atoms with Crippen molar-refractivity contribution >= 4 is 17.3 Å². The third kappa shape index (κ3) is 5.63. The Morgan fingerprint density at radius 1 is 1.43 bits per heavy atom. The van der Waals surface area contributed by atoms with Gasteiger partial charge in [-0.2, -0.15) is 0 Å². The zero-order valence-electron chi connectivity index (χ0n) is 12.7. The largest absolute Gasteiger partial charge is 0.366 e. The van der Waals surface area contributed by atoms with E-state index in [-0.39, 0.29) is 0 Å². The van der Waals surface area contributed by atoms with E-state index in [0.29, 0.717) is 17.4 Å². The molecule has 0 aliphatic heterocycles. The fourth-order valence-corrected chi connectivity index (χ4v) is 2.14. The molecule has 0 saturated heterocycles. The molecule has 1 aromatic heterocycles. The van der Waals surface area contributed by atoms with Crippen LogP contribution in [0.15, 0.2) is 48.8 Å². The highest BCUT2D eigenvalue weighted by molar-refractivity contribution is 6.30. The van der Waals surface area contributed by atoms with E-state index < -0.39 is 4.92 Å². The van der Waals surface area contributed by atoms with Crippen molar-refractivity contribution in [3.05, 3.63) is 69.6 Å². The van der Waals surface area contributed by atoms with E-state index in [4.69, 9.17) is 11.6 Å². The Hall–Kier alpha value is -2.54. The van der Waals surface area contributed by atoms with Crippen LogP contribution in [0.4, 0.5) is 5.69 Å². The summed E-state index contributed by atoms with van der Waals surface area (Å²) in [6.07, 6.45) is 5.30. The molecule has 0 bridgehead atoms. The average Bonchev–Trinajstić information content (AvgIpc) is 2.90. The zero-order chi connectivity index (χ0) is 16.7. The number of rotatable bonds is 8. The molecule has 7 nitrogen and oxygen atoms in total. The van der Waals surface area contributed by atoms with Gasteiger partial charge in [0.25, 0.3) is 6.20 Å². The smallest absolute Gasteiger partial charge is 0.274 e. The topological polar surface area (TPSA) is 85.0 Å². The van der Waals surface area contributed by atoms with Gasteiger partial charge in [-0.15, -0.1) is 0 Å². The van der Waals surface area contributed by atoms with Gasteiger partial charge in [0.05, 0.1) is 11.3 Å². The average molecular weight is 336 g/mol. The molecule has 8 heteroatoms. The van der Waals surface area contributed by atoms with E-state index >= 15 is 0 Å². The Balaban J connectivity index is 1.87. The van der Waals surface area contributed by atoms with Crippen LogP contribution in [0.2, 0.25) is 5.02 Å². The van der Waals surface area contributed by atoms with Crippen LogP contribution >= 0.6 is 11.6 Å². The number of benzene rings is 1. The molecule has 0 atom stereocenters. The molecule has 1 aromatic carbocycles. The van der Waals surface area contributed by atoms with Crippen LogP contribution in [0.1, 0.15) is 12.1 Å². The third-order valence-corrected chi connectivity index (χ3v) is 3.42. The van der Waals surface area contributed by atoms with Crippen molar-refractivity contribution < 1.29 is 4.92 Å². The zero-order valence-corrected chi connectivity index (χ0v) is 13.5. The van der Waals surface area contributed by atoms with Gasteiger partial charge in [-0.3, -0.25) is 10.1 Å². The molecule has 0 spiro atoms. The summed E-state index contributed by atoms with van der Waals surface area (Å²) in [5.74, 6) is 0.333. The van der Waals surface area contributed by atoms with Gasteiger partial charge in [0.2, 0.25) is 0 Å². The maximum atomic E-state index is 10.7. The summed E-state index contributed by atoms with van der Waals surface area (Å²) in [5.41, 5.74) is 1.81. The minimum Gasteiger partial charge on any atom is -0.366 e. The van der Waals surface area contributed by atoms with E-state index in [1.54, 1.807) is 36.8 Å². The number of hydrogen-bond donors (Lipinski definition) is 2. The molecule has 1 heterocycles. The number of halogens is 1. The number of hydrogen-bond acceptors (Lipinski definition) is 5. The molecule has 0 fully saturated rings. The van der Waals surface area contributed by atoms with E-state index in [0.717, 1.165) is 30.5 Å². The van der Waals surface area contributed by atoms with E-state index in [1.165, 1.54) is 0 Å². The summed E-state index contributed by atoms with van der Waals surface area (Å²) in [4.78, 5) is 14.3. The molecular formula is C15H18ClN5O2. The summed E-state index contributed by atoms with van der Waals surface area (Å²) in [5, 5.41) is 17.4. The molecule has 2 N–H and O–H groups in total. The monoisotopic (exact) mass is 335 g/mol. The minimum atomic E-state index is -0.495. The first kappa shape index (κ1) is 16.8. The first-order valence-corrected chi connectivity index (χ1v) is 7.51. The van der Waals surface area contributed by atoms with Crippen molar-refractivity contribution in [1.29, 1.82) is 0 Å². The first-order valence-electron chi connectivity index (χ1n) is 7.13. The SMILES string of the molecule is Cc1cncn1CCCN/C(=C/[N+](=O)[O-])Nc1ccc(Cl)cc1. The quantitative estimate of drug-likeness (QED) is 0.440. The molecular weight excluding hydrogens is 318 g/mol. The van der Waals surface area contributed by atoms with Gasteiger partial charge in [-0.1, -0.05) is 11.6 Å². The van der Waals surface area contributed by atoms with Crippen LogP contribution in [0.25, 0.3) is 0 Å². The van der Waals surface area contributed by atoms with Crippen LogP contribution in [0, 0.1) is 17.0 Å². The molecule has 2 rings (SSSR count). The lowest BCUT2D eigenvalue weighted by Gasteiger charge is -2.12. The number of anilines is 1. The molecule has 0 saturated carbocycles. The van der Waals surface area contributed by atoms with E-state index in [2.05, 4.69) is 15.6 Å². The predicted octanol–water partition coefficient (Wildman–Crippen LogP) is 3.01. The second-order valence-electron chi connectivity index (χ2n) is 4.97. The van der Waals surface area contributed by atoms with Crippen molar-refractivity contribution in [2.45, 2.75) is 19.9 Å². The Labute approximate surface area is 139 Å².